The van der Waals surface area contributed by atoms with Crippen molar-refractivity contribution in [3.05, 3.63) is 7.05 Å². The van der Waals surface area contributed by atoms with E-state index in [0.717, 1.165) is 12.8 Å². The first-order chi connectivity index (χ1) is 4.34. The van der Waals surface area contributed by atoms with E-state index in [0.29, 0.717) is 6.04 Å². The number of quaternary nitrogens is 1. The fourth-order valence-corrected chi connectivity index (χ4v) is 1.41. The second-order valence-electron chi connectivity index (χ2n) is 2.75. The number of aliphatic hydroxyl groups excluding tert-OH is 1. The molecule has 2 atom stereocenters. The molecule has 54 valence electrons. The van der Waals surface area contributed by atoms with E-state index in [1.54, 1.807) is 0 Å². The summed E-state index contributed by atoms with van der Waals surface area (Å²) < 4.78 is 0. The van der Waals surface area contributed by atoms with Gasteiger partial charge in [0.15, 0.2) is 0 Å². The number of hydrogen-bond acceptors (Lipinski definition) is 1. The van der Waals surface area contributed by atoms with Crippen molar-refractivity contribution >= 4 is 0 Å². The Morgan fingerprint density at radius 3 is 2.44 bits per heavy atom. The maximum absolute atomic E-state index is 9.30. The Hall–Kier alpha value is -0.0800. The Balaban J connectivity index is 2.30. The minimum absolute atomic E-state index is 0.101. The van der Waals surface area contributed by atoms with Crippen molar-refractivity contribution in [1.82, 2.24) is 0 Å². The first kappa shape index (κ1) is 7.03. The SMILES string of the molecule is [CH2-][NH2+]C1CCCCC1O. The molecule has 2 heteroatoms. The van der Waals surface area contributed by atoms with E-state index in [1.807, 2.05) is 5.32 Å². The summed E-state index contributed by atoms with van der Waals surface area (Å²) in [4.78, 5) is 0. The molecule has 3 N–H and O–H groups in total. The summed E-state index contributed by atoms with van der Waals surface area (Å²) in [6.07, 6.45) is 4.44. The Kier molecular flexibility index (Phi) is 2.49. The predicted molar refractivity (Wildman–Crippen MR) is 35.5 cm³/mol. The summed E-state index contributed by atoms with van der Waals surface area (Å²) in [5, 5.41) is 11.2. The van der Waals surface area contributed by atoms with E-state index in [4.69, 9.17) is 0 Å². The van der Waals surface area contributed by atoms with Gasteiger partial charge in [-0.3, -0.25) is 0 Å². The van der Waals surface area contributed by atoms with E-state index < -0.39 is 0 Å². The van der Waals surface area contributed by atoms with Gasteiger partial charge in [-0.25, -0.2) is 0 Å². The fourth-order valence-electron chi connectivity index (χ4n) is 1.41. The standard InChI is InChI=1S/C7H15NO/c1-8-6-4-2-3-5-7(6)9/h6-7,9H,1-5,8H2. The number of nitrogens with two attached hydrogens (primary N) is 1. The van der Waals surface area contributed by atoms with Crippen molar-refractivity contribution in [2.45, 2.75) is 37.8 Å². The Bertz CT molecular complexity index is 85.0. The summed E-state index contributed by atoms with van der Waals surface area (Å²) in [6.45, 7) is 0. The lowest BCUT2D eigenvalue weighted by Gasteiger charge is -2.26. The molecule has 0 aromatic carbocycles. The number of aliphatic hydroxyl groups is 1. The Morgan fingerprint density at radius 2 is 2.00 bits per heavy atom. The van der Waals surface area contributed by atoms with Gasteiger partial charge < -0.3 is 10.4 Å². The largest absolute Gasteiger partial charge is 0.474 e. The molecule has 0 amide bonds. The van der Waals surface area contributed by atoms with Crippen LogP contribution in [0.4, 0.5) is 0 Å². The van der Waals surface area contributed by atoms with Gasteiger partial charge in [-0.15, -0.1) is 0 Å². The van der Waals surface area contributed by atoms with Crippen LogP contribution in [0.15, 0.2) is 0 Å². The second-order valence-corrected chi connectivity index (χ2v) is 2.75. The zero-order valence-electron chi connectivity index (χ0n) is 5.71. The average molecular weight is 129 g/mol. The van der Waals surface area contributed by atoms with Crippen molar-refractivity contribution in [2.24, 2.45) is 0 Å². The molecule has 0 spiro atoms. The van der Waals surface area contributed by atoms with Gasteiger partial charge in [0.05, 0.1) is 6.04 Å². The molecule has 1 rings (SSSR count). The highest BCUT2D eigenvalue weighted by Crippen LogP contribution is 2.15. The van der Waals surface area contributed by atoms with Crippen LogP contribution in [0, 0.1) is 7.05 Å². The lowest BCUT2D eigenvalue weighted by Crippen LogP contribution is -2.87. The molecule has 0 aromatic rings. The molecule has 1 aliphatic rings. The number of rotatable bonds is 1. The third kappa shape index (κ3) is 1.66. The van der Waals surface area contributed by atoms with Gasteiger partial charge >= 0.3 is 0 Å². The van der Waals surface area contributed by atoms with E-state index in [1.165, 1.54) is 12.8 Å². The van der Waals surface area contributed by atoms with E-state index >= 15 is 0 Å². The van der Waals surface area contributed by atoms with Crippen LogP contribution >= 0.6 is 0 Å². The molecule has 1 saturated carbocycles. The molecule has 2 nitrogen and oxygen atoms in total. The van der Waals surface area contributed by atoms with Crippen LogP contribution in [0.1, 0.15) is 25.7 Å². The highest BCUT2D eigenvalue weighted by Gasteiger charge is 2.21. The van der Waals surface area contributed by atoms with Crippen molar-refractivity contribution in [3.63, 3.8) is 0 Å². The van der Waals surface area contributed by atoms with E-state index in [2.05, 4.69) is 7.05 Å². The first-order valence-corrected chi connectivity index (χ1v) is 3.65. The lowest BCUT2D eigenvalue weighted by molar-refractivity contribution is -0.645. The van der Waals surface area contributed by atoms with Gasteiger partial charge in [0, 0.05) is 0 Å². The molecule has 0 radical (unpaired) electrons. The van der Waals surface area contributed by atoms with Crippen molar-refractivity contribution in [2.75, 3.05) is 0 Å². The van der Waals surface area contributed by atoms with Crippen LogP contribution in [0.2, 0.25) is 0 Å². The monoisotopic (exact) mass is 129 g/mol. The average Bonchev–Trinajstić information content (AvgIpc) is 1.89. The lowest BCUT2D eigenvalue weighted by atomic mass is 9.93. The summed E-state index contributed by atoms with van der Waals surface area (Å²) in [5.74, 6) is 0. The third-order valence-electron chi connectivity index (χ3n) is 2.08. The summed E-state index contributed by atoms with van der Waals surface area (Å²) in [7, 11) is 3.67. The van der Waals surface area contributed by atoms with Crippen molar-refractivity contribution in [1.29, 1.82) is 0 Å². The van der Waals surface area contributed by atoms with Crippen LogP contribution < -0.4 is 5.32 Å². The zero-order chi connectivity index (χ0) is 6.69. The molecule has 9 heavy (non-hydrogen) atoms. The van der Waals surface area contributed by atoms with Crippen LogP contribution in [-0.2, 0) is 0 Å². The molecule has 0 bridgehead atoms. The minimum atomic E-state index is -0.101. The normalized spacial score (nSPS) is 36.7. The fraction of sp³-hybridized carbons (Fsp3) is 0.857. The Labute approximate surface area is 56.3 Å². The van der Waals surface area contributed by atoms with Gasteiger partial charge in [-0.1, -0.05) is 6.42 Å². The minimum Gasteiger partial charge on any atom is -0.474 e. The molecule has 0 heterocycles. The highest BCUT2D eigenvalue weighted by molar-refractivity contribution is 4.71. The van der Waals surface area contributed by atoms with E-state index in [-0.39, 0.29) is 6.10 Å². The predicted octanol–water partition coefficient (Wildman–Crippen LogP) is -0.355. The molecule has 1 aliphatic carbocycles. The second kappa shape index (κ2) is 3.18. The molecular formula is C7H15NO. The van der Waals surface area contributed by atoms with Crippen LogP contribution in [-0.4, -0.2) is 17.3 Å². The molecular weight excluding hydrogens is 114 g/mol. The topological polar surface area (TPSA) is 36.8 Å². The molecule has 1 fully saturated rings. The molecule has 0 aromatic heterocycles. The van der Waals surface area contributed by atoms with Gasteiger partial charge in [0.25, 0.3) is 0 Å². The van der Waals surface area contributed by atoms with Gasteiger partial charge in [0.1, 0.15) is 6.10 Å². The van der Waals surface area contributed by atoms with Crippen LogP contribution in [0.5, 0.6) is 0 Å². The maximum Gasteiger partial charge on any atom is 0.103 e. The first-order valence-electron chi connectivity index (χ1n) is 3.65. The third-order valence-corrected chi connectivity index (χ3v) is 2.08. The van der Waals surface area contributed by atoms with Gasteiger partial charge in [0.2, 0.25) is 0 Å². The van der Waals surface area contributed by atoms with Crippen LogP contribution in [0.3, 0.4) is 0 Å². The van der Waals surface area contributed by atoms with Crippen molar-refractivity contribution in [3.8, 4) is 0 Å². The summed E-state index contributed by atoms with van der Waals surface area (Å²) in [5.41, 5.74) is 0. The van der Waals surface area contributed by atoms with Crippen molar-refractivity contribution < 1.29 is 10.4 Å². The summed E-state index contributed by atoms with van der Waals surface area (Å²) in [6, 6.07) is 0.374. The smallest absolute Gasteiger partial charge is 0.103 e. The van der Waals surface area contributed by atoms with Gasteiger partial charge in [-0.05, 0) is 19.3 Å². The molecule has 0 aliphatic heterocycles. The highest BCUT2D eigenvalue weighted by atomic mass is 16.3. The van der Waals surface area contributed by atoms with Crippen LogP contribution in [0.25, 0.3) is 0 Å². The Morgan fingerprint density at radius 1 is 1.33 bits per heavy atom. The quantitative estimate of drug-likeness (QED) is 0.466. The maximum atomic E-state index is 9.30. The number of hydrogen-bond donors (Lipinski definition) is 2. The van der Waals surface area contributed by atoms with E-state index in [9.17, 15) is 5.11 Å². The van der Waals surface area contributed by atoms with Gasteiger partial charge in [-0.2, -0.15) is 7.05 Å². The zero-order valence-corrected chi connectivity index (χ0v) is 5.71. The summed E-state index contributed by atoms with van der Waals surface area (Å²) >= 11 is 0. The molecule has 2 unspecified atom stereocenters. The molecule has 0 saturated heterocycles.